The van der Waals surface area contributed by atoms with Crippen LogP contribution in [0, 0.1) is 0 Å². The minimum Gasteiger partial charge on any atom is -0.381 e. The van der Waals surface area contributed by atoms with Gasteiger partial charge in [-0.1, -0.05) is 18.2 Å². The number of nitrogens with zero attached hydrogens (tertiary/aromatic N) is 2. The average molecular weight is 257 g/mol. The molecule has 0 unspecified atom stereocenters. The second kappa shape index (κ2) is 5.55. The second-order valence-corrected chi connectivity index (χ2v) is 4.99. The lowest BCUT2D eigenvalue weighted by Gasteiger charge is -2.34. The molecule has 1 N–H and O–H groups in total. The summed E-state index contributed by atoms with van der Waals surface area (Å²) in [4.78, 5) is 0. The van der Waals surface area contributed by atoms with E-state index in [9.17, 15) is 0 Å². The Bertz CT molecular complexity index is 517. The smallest absolute Gasteiger partial charge is 0.0766 e. The van der Waals surface area contributed by atoms with Gasteiger partial charge in [-0.25, -0.2) is 4.68 Å². The van der Waals surface area contributed by atoms with Crippen LogP contribution in [-0.2, 0) is 11.3 Å². The van der Waals surface area contributed by atoms with E-state index in [0.717, 1.165) is 30.8 Å². The van der Waals surface area contributed by atoms with Crippen LogP contribution in [0.1, 0.15) is 18.5 Å². The lowest BCUT2D eigenvalue weighted by molar-refractivity contribution is 0.0169. The molecule has 1 aromatic carbocycles. The van der Waals surface area contributed by atoms with E-state index in [-0.39, 0.29) is 0 Å². The molecule has 0 radical (unpaired) electrons. The van der Waals surface area contributed by atoms with Gasteiger partial charge in [0, 0.05) is 25.9 Å². The Labute approximate surface area is 113 Å². The van der Waals surface area contributed by atoms with Crippen LogP contribution in [0.15, 0.2) is 42.6 Å². The van der Waals surface area contributed by atoms with Crippen molar-refractivity contribution in [3.05, 3.63) is 48.3 Å². The van der Waals surface area contributed by atoms with E-state index in [4.69, 9.17) is 4.74 Å². The van der Waals surface area contributed by atoms with E-state index in [1.54, 1.807) is 7.11 Å². The maximum atomic E-state index is 5.27. The molecule has 1 saturated carbocycles. The molecule has 1 aliphatic rings. The third-order valence-corrected chi connectivity index (χ3v) is 3.67. The highest BCUT2D eigenvalue weighted by Gasteiger charge is 2.28. The SMILES string of the molecule is COC1CC(NCc2ccn(-c3ccccc3)n2)C1. The number of benzene rings is 1. The summed E-state index contributed by atoms with van der Waals surface area (Å²) in [5.41, 5.74) is 2.17. The molecule has 19 heavy (non-hydrogen) atoms. The van der Waals surface area contributed by atoms with Gasteiger partial charge in [0.25, 0.3) is 0 Å². The van der Waals surface area contributed by atoms with Crippen LogP contribution in [0.4, 0.5) is 0 Å². The summed E-state index contributed by atoms with van der Waals surface area (Å²) in [5, 5.41) is 8.08. The number of hydrogen-bond donors (Lipinski definition) is 1. The highest BCUT2D eigenvalue weighted by molar-refractivity contribution is 5.30. The number of nitrogens with one attached hydrogen (secondary N) is 1. The van der Waals surface area contributed by atoms with Crippen LogP contribution >= 0.6 is 0 Å². The zero-order chi connectivity index (χ0) is 13.1. The van der Waals surface area contributed by atoms with Gasteiger partial charge in [0.05, 0.1) is 17.5 Å². The fraction of sp³-hybridized carbons (Fsp3) is 0.400. The van der Waals surface area contributed by atoms with Gasteiger partial charge in [-0.15, -0.1) is 0 Å². The molecule has 1 aromatic heterocycles. The van der Waals surface area contributed by atoms with Crippen molar-refractivity contribution >= 4 is 0 Å². The molecule has 4 heteroatoms. The Balaban J connectivity index is 1.54. The Morgan fingerprint density at radius 2 is 2.05 bits per heavy atom. The van der Waals surface area contributed by atoms with Crippen LogP contribution in [0.3, 0.4) is 0 Å². The van der Waals surface area contributed by atoms with Gasteiger partial charge in [-0.3, -0.25) is 0 Å². The molecule has 0 spiro atoms. The standard InChI is InChI=1S/C15H19N3O/c1-19-15-9-13(10-15)16-11-12-7-8-18(17-12)14-5-3-2-4-6-14/h2-8,13,15-16H,9-11H2,1H3. The number of para-hydroxylation sites is 1. The maximum absolute atomic E-state index is 5.27. The van der Waals surface area contributed by atoms with Crippen molar-refractivity contribution in [1.29, 1.82) is 0 Å². The van der Waals surface area contributed by atoms with E-state index in [1.807, 2.05) is 29.1 Å². The van der Waals surface area contributed by atoms with Gasteiger partial charge in [-0.05, 0) is 31.0 Å². The van der Waals surface area contributed by atoms with Crippen molar-refractivity contribution < 1.29 is 4.74 Å². The van der Waals surface area contributed by atoms with Crippen LogP contribution in [0.2, 0.25) is 0 Å². The van der Waals surface area contributed by atoms with E-state index in [2.05, 4.69) is 28.6 Å². The van der Waals surface area contributed by atoms with Crippen LogP contribution in [0.25, 0.3) is 5.69 Å². The number of ether oxygens (including phenoxy) is 1. The van der Waals surface area contributed by atoms with Crippen molar-refractivity contribution in [2.45, 2.75) is 31.5 Å². The molecule has 1 aliphatic carbocycles. The van der Waals surface area contributed by atoms with Gasteiger partial charge in [-0.2, -0.15) is 5.10 Å². The first-order valence-corrected chi connectivity index (χ1v) is 6.71. The first-order chi connectivity index (χ1) is 9.35. The van der Waals surface area contributed by atoms with Gasteiger partial charge >= 0.3 is 0 Å². The summed E-state index contributed by atoms with van der Waals surface area (Å²) < 4.78 is 7.18. The summed E-state index contributed by atoms with van der Waals surface area (Å²) >= 11 is 0. The van der Waals surface area contributed by atoms with Crippen LogP contribution in [0.5, 0.6) is 0 Å². The van der Waals surface area contributed by atoms with Crippen molar-refractivity contribution in [1.82, 2.24) is 15.1 Å². The first kappa shape index (κ1) is 12.4. The average Bonchev–Trinajstić information content (AvgIpc) is 2.87. The van der Waals surface area contributed by atoms with Gasteiger partial charge < -0.3 is 10.1 Å². The molecule has 1 fully saturated rings. The zero-order valence-electron chi connectivity index (χ0n) is 11.1. The third kappa shape index (κ3) is 2.85. The second-order valence-electron chi connectivity index (χ2n) is 4.99. The Morgan fingerprint density at radius 3 is 2.79 bits per heavy atom. The molecule has 0 amide bonds. The van der Waals surface area contributed by atoms with Crippen molar-refractivity contribution in [3.8, 4) is 5.69 Å². The number of aromatic nitrogens is 2. The summed E-state index contributed by atoms with van der Waals surface area (Å²) in [5.74, 6) is 0. The lowest BCUT2D eigenvalue weighted by atomic mass is 9.89. The highest BCUT2D eigenvalue weighted by Crippen LogP contribution is 2.22. The largest absolute Gasteiger partial charge is 0.381 e. The minimum atomic E-state index is 0.444. The Kier molecular flexibility index (Phi) is 3.62. The lowest BCUT2D eigenvalue weighted by Crippen LogP contribution is -2.44. The van der Waals surface area contributed by atoms with E-state index < -0.39 is 0 Å². The number of hydrogen-bond acceptors (Lipinski definition) is 3. The summed E-state index contributed by atoms with van der Waals surface area (Å²) in [6, 6.07) is 12.8. The molecule has 2 aromatic rings. The molecule has 100 valence electrons. The highest BCUT2D eigenvalue weighted by atomic mass is 16.5. The minimum absolute atomic E-state index is 0.444. The first-order valence-electron chi connectivity index (χ1n) is 6.71. The summed E-state index contributed by atoms with van der Waals surface area (Å²) in [6.07, 6.45) is 4.66. The Morgan fingerprint density at radius 1 is 1.26 bits per heavy atom. The maximum Gasteiger partial charge on any atom is 0.0766 e. The molecule has 1 heterocycles. The molecule has 4 nitrogen and oxygen atoms in total. The van der Waals surface area contributed by atoms with Gasteiger partial charge in [0.15, 0.2) is 0 Å². The molecule has 0 aliphatic heterocycles. The number of methoxy groups -OCH3 is 1. The quantitative estimate of drug-likeness (QED) is 0.892. The topological polar surface area (TPSA) is 39.1 Å². The molecular formula is C15H19N3O. The van der Waals surface area contributed by atoms with Crippen LogP contribution in [-0.4, -0.2) is 29.0 Å². The van der Waals surface area contributed by atoms with Crippen molar-refractivity contribution in [3.63, 3.8) is 0 Å². The molecule has 3 rings (SSSR count). The fourth-order valence-corrected chi connectivity index (χ4v) is 2.35. The van der Waals surface area contributed by atoms with E-state index in [1.165, 1.54) is 0 Å². The summed E-state index contributed by atoms with van der Waals surface area (Å²) in [7, 11) is 1.78. The predicted molar refractivity (Wildman–Crippen MR) is 74.2 cm³/mol. The molecule has 0 saturated heterocycles. The van der Waals surface area contributed by atoms with Crippen LogP contribution < -0.4 is 5.32 Å². The third-order valence-electron chi connectivity index (χ3n) is 3.67. The van der Waals surface area contributed by atoms with Gasteiger partial charge in [0.1, 0.15) is 0 Å². The predicted octanol–water partition coefficient (Wildman–Crippen LogP) is 2.14. The number of rotatable bonds is 5. The normalized spacial score (nSPS) is 22.2. The summed E-state index contributed by atoms with van der Waals surface area (Å²) in [6.45, 7) is 0.820. The van der Waals surface area contributed by atoms with Gasteiger partial charge in [0.2, 0.25) is 0 Å². The molecule has 0 bridgehead atoms. The molecule has 0 atom stereocenters. The van der Waals surface area contributed by atoms with Crippen molar-refractivity contribution in [2.75, 3.05) is 7.11 Å². The zero-order valence-corrected chi connectivity index (χ0v) is 11.1. The van der Waals surface area contributed by atoms with E-state index >= 15 is 0 Å². The van der Waals surface area contributed by atoms with Crippen molar-refractivity contribution in [2.24, 2.45) is 0 Å². The Hall–Kier alpha value is -1.65. The fourth-order valence-electron chi connectivity index (χ4n) is 2.35. The molecular weight excluding hydrogens is 238 g/mol. The monoisotopic (exact) mass is 257 g/mol. The van der Waals surface area contributed by atoms with E-state index in [0.29, 0.717) is 12.1 Å².